The second kappa shape index (κ2) is 6.96. The lowest BCUT2D eigenvalue weighted by Crippen LogP contribution is -2.40. The van der Waals surface area contributed by atoms with Gasteiger partial charge >= 0.3 is 6.03 Å². The van der Waals surface area contributed by atoms with Crippen LogP contribution in [0.4, 0.5) is 4.79 Å². The normalized spacial score (nSPS) is 12.3. The van der Waals surface area contributed by atoms with E-state index in [0.29, 0.717) is 13.0 Å². The minimum Gasteiger partial charge on any atom is -0.459 e. The first-order chi connectivity index (χ1) is 9.69. The van der Waals surface area contributed by atoms with E-state index in [1.54, 1.807) is 0 Å². The van der Waals surface area contributed by atoms with E-state index in [9.17, 15) is 4.79 Å². The summed E-state index contributed by atoms with van der Waals surface area (Å²) in [4.78, 5) is 11.7. The van der Waals surface area contributed by atoms with Crippen LogP contribution in [0, 0.1) is 0 Å². The van der Waals surface area contributed by atoms with Crippen molar-refractivity contribution in [3.05, 3.63) is 36.1 Å². The molecular weight excluding hydrogens is 256 g/mol. The standard InChI is InChI=1S/C15H20N2O3/c1-11(5-4-8-18)17-15(19)16-10-13-9-12-6-2-3-7-14(12)20-13/h2-3,6-7,9,11,18H,4-5,8,10H2,1H3,(H2,16,17,19). The van der Waals surface area contributed by atoms with Crippen molar-refractivity contribution in [2.75, 3.05) is 6.61 Å². The highest BCUT2D eigenvalue weighted by atomic mass is 16.3. The fourth-order valence-corrected chi connectivity index (χ4v) is 2.04. The number of carbonyl (C=O) groups is 1. The zero-order valence-corrected chi connectivity index (χ0v) is 11.6. The second-order valence-corrected chi connectivity index (χ2v) is 4.84. The summed E-state index contributed by atoms with van der Waals surface area (Å²) in [6, 6.07) is 9.47. The van der Waals surface area contributed by atoms with Crippen LogP contribution in [-0.4, -0.2) is 23.8 Å². The lowest BCUT2D eigenvalue weighted by molar-refractivity contribution is 0.233. The number of nitrogens with one attached hydrogen (secondary N) is 2. The van der Waals surface area contributed by atoms with Gasteiger partial charge in [-0.3, -0.25) is 0 Å². The molecular formula is C15H20N2O3. The molecule has 2 aromatic rings. The first-order valence-electron chi connectivity index (χ1n) is 6.81. The van der Waals surface area contributed by atoms with Gasteiger partial charge in [-0.2, -0.15) is 0 Å². The van der Waals surface area contributed by atoms with Gasteiger partial charge in [-0.15, -0.1) is 0 Å². The lowest BCUT2D eigenvalue weighted by Gasteiger charge is -2.13. The minimum absolute atomic E-state index is 0.0397. The fourth-order valence-electron chi connectivity index (χ4n) is 2.04. The molecule has 0 radical (unpaired) electrons. The zero-order valence-electron chi connectivity index (χ0n) is 11.6. The summed E-state index contributed by atoms with van der Waals surface area (Å²) in [6.07, 6.45) is 1.44. The van der Waals surface area contributed by atoms with Crippen LogP contribution in [0.15, 0.2) is 34.7 Å². The average Bonchev–Trinajstić information content (AvgIpc) is 2.85. The van der Waals surface area contributed by atoms with Gasteiger partial charge in [0.25, 0.3) is 0 Å². The Morgan fingerprint density at radius 1 is 1.40 bits per heavy atom. The number of para-hydroxylation sites is 1. The average molecular weight is 276 g/mol. The first kappa shape index (κ1) is 14.4. The van der Waals surface area contributed by atoms with Gasteiger partial charge < -0.3 is 20.2 Å². The molecule has 0 saturated carbocycles. The third kappa shape index (κ3) is 3.99. The van der Waals surface area contributed by atoms with Gasteiger partial charge in [-0.05, 0) is 31.9 Å². The predicted octanol–water partition coefficient (Wildman–Crippen LogP) is 2.39. The number of furan rings is 1. The molecule has 2 amide bonds. The molecule has 108 valence electrons. The molecule has 1 aromatic carbocycles. The van der Waals surface area contributed by atoms with Crippen molar-refractivity contribution in [3.63, 3.8) is 0 Å². The number of aliphatic hydroxyl groups excluding tert-OH is 1. The monoisotopic (exact) mass is 276 g/mol. The van der Waals surface area contributed by atoms with Crippen LogP contribution < -0.4 is 10.6 Å². The summed E-state index contributed by atoms with van der Waals surface area (Å²) in [6.45, 7) is 2.41. The van der Waals surface area contributed by atoms with Crippen LogP contribution in [0.1, 0.15) is 25.5 Å². The molecule has 2 rings (SSSR count). The zero-order chi connectivity index (χ0) is 14.4. The van der Waals surface area contributed by atoms with Crippen LogP contribution in [-0.2, 0) is 6.54 Å². The van der Waals surface area contributed by atoms with Crippen LogP contribution in [0.5, 0.6) is 0 Å². The summed E-state index contributed by atoms with van der Waals surface area (Å²) in [7, 11) is 0. The molecule has 0 aliphatic carbocycles. The number of urea groups is 1. The predicted molar refractivity (Wildman–Crippen MR) is 77.4 cm³/mol. The maximum absolute atomic E-state index is 11.7. The van der Waals surface area contributed by atoms with Crippen molar-refractivity contribution in [3.8, 4) is 0 Å². The Bertz CT molecular complexity index is 532. The number of rotatable bonds is 6. The van der Waals surface area contributed by atoms with Gasteiger partial charge in [-0.1, -0.05) is 18.2 Å². The second-order valence-electron chi connectivity index (χ2n) is 4.84. The van der Waals surface area contributed by atoms with Crippen molar-refractivity contribution < 1.29 is 14.3 Å². The molecule has 0 bridgehead atoms. The maximum Gasteiger partial charge on any atom is 0.315 e. The van der Waals surface area contributed by atoms with Crippen LogP contribution in [0.25, 0.3) is 11.0 Å². The SMILES string of the molecule is CC(CCCO)NC(=O)NCc1cc2ccccc2o1. The quantitative estimate of drug-likeness (QED) is 0.758. The molecule has 5 heteroatoms. The molecule has 0 spiro atoms. The summed E-state index contributed by atoms with van der Waals surface area (Å²) in [5.41, 5.74) is 0.820. The smallest absolute Gasteiger partial charge is 0.315 e. The molecule has 0 aliphatic heterocycles. The Hall–Kier alpha value is -2.01. The molecule has 3 N–H and O–H groups in total. The van der Waals surface area contributed by atoms with Crippen molar-refractivity contribution in [2.24, 2.45) is 0 Å². The van der Waals surface area contributed by atoms with E-state index >= 15 is 0 Å². The van der Waals surface area contributed by atoms with Gasteiger partial charge in [0, 0.05) is 18.0 Å². The molecule has 0 fully saturated rings. The fraction of sp³-hybridized carbons (Fsp3) is 0.400. The summed E-state index contributed by atoms with van der Waals surface area (Å²) < 4.78 is 5.61. The van der Waals surface area contributed by atoms with Crippen molar-refractivity contribution in [1.82, 2.24) is 10.6 Å². The Labute approximate surface area is 118 Å². The number of carbonyl (C=O) groups excluding carboxylic acids is 1. The highest BCUT2D eigenvalue weighted by Crippen LogP contribution is 2.18. The van der Waals surface area contributed by atoms with E-state index in [4.69, 9.17) is 9.52 Å². The maximum atomic E-state index is 11.7. The van der Waals surface area contributed by atoms with Gasteiger partial charge in [-0.25, -0.2) is 4.79 Å². The summed E-state index contributed by atoms with van der Waals surface area (Å²) >= 11 is 0. The van der Waals surface area contributed by atoms with Crippen molar-refractivity contribution in [1.29, 1.82) is 0 Å². The molecule has 0 saturated heterocycles. The number of fused-ring (bicyclic) bond motifs is 1. The minimum atomic E-state index is -0.226. The molecule has 1 heterocycles. The Kier molecular flexibility index (Phi) is 5.01. The number of hydrogen-bond acceptors (Lipinski definition) is 3. The third-order valence-corrected chi connectivity index (χ3v) is 3.07. The van der Waals surface area contributed by atoms with E-state index in [0.717, 1.165) is 23.2 Å². The Balaban J connectivity index is 1.81. The number of aliphatic hydroxyl groups is 1. The van der Waals surface area contributed by atoms with E-state index < -0.39 is 0 Å². The molecule has 5 nitrogen and oxygen atoms in total. The van der Waals surface area contributed by atoms with E-state index in [1.807, 2.05) is 37.3 Å². The molecule has 20 heavy (non-hydrogen) atoms. The Morgan fingerprint density at radius 2 is 2.20 bits per heavy atom. The van der Waals surface area contributed by atoms with Gasteiger partial charge in [0.05, 0.1) is 6.54 Å². The lowest BCUT2D eigenvalue weighted by atomic mass is 10.2. The third-order valence-electron chi connectivity index (χ3n) is 3.07. The van der Waals surface area contributed by atoms with E-state index in [-0.39, 0.29) is 18.7 Å². The summed E-state index contributed by atoms with van der Waals surface area (Å²) in [5.74, 6) is 0.726. The number of benzene rings is 1. The van der Waals surface area contributed by atoms with E-state index in [1.165, 1.54) is 0 Å². The van der Waals surface area contributed by atoms with Crippen LogP contribution in [0.2, 0.25) is 0 Å². The van der Waals surface area contributed by atoms with Crippen molar-refractivity contribution >= 4 is 17.0 Å². The van der Waals surface area contributed by atoms with Crippen LogP contribution >= 0.6 is 0 Å². The largest absolute Gasteiger partial charge is 0.459 e. The topological polar surface area (TPSA) is 74.5 Å². The van der Waals surface area contributed by atoms with Gasteiger partial charge in [0.2, 0.25) is 0 Å². The number of amides is 2. The molecule has 1 atom stereocenters. The summed E-state index contributed by atoms with van der Waals surface area (Å²) in [5, 5.41) is 15.3. The van der Waals surface area contributed by atoms with Crippen LogP contribution in [0.3, 0.4) is 0 Å². The first-order valence-corrected chi connectivity index (χ1v) is 6.81. The highest BCUT2D eigenvalue weighted by Gasteiger charge is 2.08. The highest BCUT2D eigenvalue weighted by molar-refractivity contribution is 5.78. The molecule has 1 aromatic heterocycles. The van der Waals surface area contributed by atoms with Crippen molar-refractivity contribution in [2.45, 2.75) is 32.4 Å². The Morgan fingerprint density at radius 3 is 2.95 bits per heavy atom. The molecule has 1 unspecified atom stereocenters. The van der Waals surface area contributed by atoms with Gasteiger partial charge in [0.15, 0.2) is 0 Å². The van der Waals surface area contributed by atoms with Gasteiger partial charge in [0.1, 0.15) is 11.3 Å². The number of hydrogen-bond donors (Lipinski definition) is 3. The molecule has 0 aliphatic rings. The van der Waals surface area contributed by atoms with E-state index in [2.05, 4.69) is 10.6 Å².